The molecule has 0 radical (unpaired) electrons. The van der Waals surface area contributed by atoms with E-state index in [1.54, 1.807) is 11.3 Å². The first-order valence-corrected chi connectivity index (χ1v) is 6.59. The minimum absolute atomic E-state index is 0.287. The Hall–Kier alpha value is -0.270. The molecule has 0 saturated heterocycles. The van der Waals surface area contributed by atoms with Crippen molar-refractivity contribution in [2.45, 2.75) is 40.5 Å². The van der Waals surface area contributed by atoms with E-state index < -0.39 is 0 Å². The topological polar surface area (TPSA) is 0 Å². The van der Waals surface area contributed by atoms with Crippen molar-refractivity contribution < 1.29 is 0 Å². The molecule has 1 aromatic rings. The Morgan fingerprint density at radius 2 is 2.13 bits per heavy atom. The lowest BCUT2D eigenvalue weighted by Gasteiger charge is -2.20. The Bertz CT molecular complexity index is 347. The number of rotatable bonds is 4. The summed E-state index contributed by atoms with van der Waals surface area (Å²) < 4.78 is 0.867. The molecule has 1 heterocycles. The van der Waals surface area contributed by atoms with Crippen molar-refractivity contribution in [3.8, 4) is 0 Å². The molecule has 0 aromatic carbocycles. The Kier molecular flexibility index (Phi) is 4.42. The molecule has 0 bridgehead atoms. The van der Waals surface area contributed by atoms with Crippen LogP contribution in [0, 0.1) is 5.41 Å². The first-order valence-electron chi connectivity index (χ1n) is 5.40. The summed E-state index contributed by atoms with van der Waals surface area (Å²) in [7, 11) is 0. The van der Waals surface area contributed by atoms with E-state index in [0.717, 1.165) is 4.34 Å². The van der Waals surface area contributed by atoms with E-state index >= 15 is 0 Å². The minimum atomic E-state index is 0.287. The SMILES string of the molecule is CCCC(C)(C)/C=C(\C)c1ccc(Cl)s1. The van der Waals surface area contributed by atoms with E-state index in [0.29, 0.717) is 0 Å². The van der Waals surface area contributed by atoms with Gasteiger partial charge in [-0.1, -0.05) is 44.9 Å². The summed E-state index contributed by atoms with van der Waals surface area (Å²) in [5.74, 6) is 0. The van der Waals surface area contributed by atoms with Gasteiger partial charge in [-0.15, -0.1) is 11.3 Å². The van der Waals surface area contributed by atoms with Crippen molar-refractivity contribution in [1.29, 1.82) is 0 Å². The summed E-state index contributed by atoms with van der Waals surface area (Å²) >= 11 is 7.58. The maximum Gasteiger partial charge on any atom is 0.0934 e. The molecule has 0 unspecified atom stereocenters. The number of thiophene rings is 1. The monoisotopic (exact) mass is 242 g/mol. The molecule has 0 saturated carbocycles. The molecular weight excluding hydrogens is 224 g/mol. The van der Waals surface area contributed by atoms with Crippen LogP contribution in [-0.4, -0.2) is 0 Å². The predicted molar refractivity (Wildman–Crippen MR) is 71.7 cm³/mol. The molecule has 0 amide bonds. The highest BCUT2D eigenvalue weighted by Crippen LogP contribution is 2.32. The third kappa shape index (κ3) is 4.00. The van der Waals surface area contributed by atoms with Crippen molar-refractivity contribution in [1.82, 2.24) is 0 Å². The number of hydrogen-bond donors (Lipinski definition) is 0. The minimum Gasteiger partial charge on any atom is -0.124 e. The molecule has 0 atom stereocenters. The fraction of sp³-hybridized carbons (Fsp3) is 0.538. The van der Waals surface area contributed by atoms with Gasteiger partial charge >= 0.3 is 0 Å². The van der Waals surface area contributed by atoms with Crippen LogP contribution in [-0.2, 0) is 0 Å². The second-order valence-corrected chi connectivity index (χ2v) is 6.38. The average molecular weight is 243 g/mol. The van der Waals surface area contributed by atoms with Gasteiger partial charge in [-0.3, -0.25) is 0 Å². The molecule has 0 nitrogen and oxygen atoms in total. The van der Waals surface area contributed by atoms with Crippen molar-refractivity contribution in [3.05, 3.63) is 27.4 Å². The Balaban J connectivity index is 2.83. The van der Waals surface area contributed by atoms with E-state index in [4.69, 9.17) is 11.6 Å². The zero-order valence-corrected chi connectivity index (χ0v) is 11.5. The zero-order valence-electron chi connectivity index (χ0n) is 9.93. The predicted octanol–water partition coefficient (Wildman–Crippen LogP) is 5.63. The molecule has 0 fully saturated rings. The van der Waals surface area contributed by atoms with Crippen LogP contribution in [0.5, 0.6) is 0 Å². The highest BCUT2D eigenvalue weighted by Gasteiger charge is 2.14. The van der Waals surface area contributed by atoms with Crippen molar-refractivity contribution in [2.24, 2.45) is 5.41 Å². The van der Waals surface area contributed by atoms with Crippen molar-refractivity contribution in [3.63, 3.8) is 0 Å². The molecule has 1 aromatic heterocycles. The van der Waals surface area contributed by atoms with Gasteiger partial charge in [0.1, 0.15) is 0 Å². The number of halogens is 1. The molecule has 0 aliphatic rings. The quantitative estimate of drug-likeness (QED) is 0.642. The van der Waals surface area contributed by atoms with Gasteiger partial charge < -0.3 is 0 Å². The molecule has 1 rings (SSSR count). The van der Waals surface area contributed by atoms with Gasteiger partial charge in [-0.2, -0.15) is 0 Å². The maximum atomic E-state index is 5.93. The van der Waals surface area contributed by atoms with Gasteiger partial charge in [0.05, 0.1) is 4.34 Å². The van der Waals surface area contributed by atoms with Gasteiger partial charge in [0.15, 0.2) is 0 Å². The normalized spacial score (nSPS) is 13.3. The van der Waals surface area contributed by atoms with Gasteiger partial charge in [-0.05, 0) is 36.5 Å². The molecule has 0 N–H and O–H groups in total. The van der Waals surface area contributed by atoms with Crippen LogP contribution >= 0.6 is 22.9 Å². The molecule has 0 spiro atoms. The van der Waals surface area contributed by atoms with Gasteiger partial charge in [0, 0.05) is 4.88 Å². The first kappa shape index (κ1) is 12.8. The summed E-state index contributed by atoms with van der Waals surface area (Å²) in [5.41, 5.74) is 1.63. The van der Waals surface area contributed by atoms with Crippen LogP contribution in [0.3, 0.4) is 0 Å². The summed E-state index contributed by atoms with van der Waals surface area (Å²) in [6, 6.07) is 4.06. The lowest BCUT2D eigenvalue weighted by atomic mass is 9.86. The lowest BCUT2D eigenvalue weighted by molar-refractivity contribution is 0.433. The summed E-state index contributed by atoms with van der Waals surface area (Å²) in [5, 5.41) is 0. The number of hydrogen-bond acceptors (Lipinski definition) is 1. The van der Waals surface area contributed by atoms with E-state index in [9.17, 15) is 0 Å². The third-order valence-electron chi connectivity index (χ3n) is 2.46. The van der Waals surface area contributed by atoms with Crippen molar-refractivity contribution in [2.75, 3.05) is 0 Å². The standard InChI is InChI=1S/C13H19ClS/c1-5-8-13(3,4)9-10(2)11-6-7-12(14)15-11/h6-7,9H,5,8H2,1-4H3/b10-9+. The van der Waals surface area contributed by atoms with Gasteiger partial charge in [-0.25, -0.2) is 0 Å². The van der Waals surface area contributed by atoms with Gasteiger partial charge in [0.2, 0.25) is 0 Å². The van der Waals surface area contributed by atoms with Crippen LogP contribution in [0.2, 0.25) is 4.34 Å². The van der Waals surface area contributed by atoms with Crippen LogP contribution in [0.25, 0.3) is 5.57 Å². The lowest BCUT2D eigenvalue weighted by Crippen LogP contribution is -2.06. The summed E-state index contributed by atoms with van der Waals surface area (Å²) in [6.07, 6.45) is 4.81. The molecule has 15 heavy (non-hydrogen) atoms. The van der Waals surface area contributed by atoms with Gasteiger partial charge in [0.25, 0.3) is 0 Å². The van der Waals surface area contributed by atoms with Crippen LogP contribution in [0.4, 0.5) is 0 Å². The van der Waals surface area contributed by atoms with E-state index in [1.165, 1.54) is 23.3 Å². The highest BCUT2D eigenvalue weighted by atomic mass is 35.5. The largest absolute Gasteiger partial charge is 0.124 e. The smallest absolute Gasteiger partial charge is 0.0934 e. The molecule has 84 valence electrons. The van der Waals surface area contributed by atoms with E-state index in [1.807, 2.05) is 6.07 Å². The average Bonchev–Trinajstić information content (AvgIpc) is 2.50. The zero-order chi connectivity index (χ0) is 11.5. The highest BCUT2D eigenvalue weighted by molar-refractivity contribution is 7.17. The fourth-order valence-electron chi connectivity index (χ4n) is 1.90. The number of allylic oxidation sites excluding steroid dienone is 2. The fourth-order valence-corrected chi connectivity index (χ4v) is 2.91. The summed E-state index contributed by atoms with van der Waals surface area (Å²) in [6.45, 7) is 8.97. The van der Waals surface area contributed by atoms with E-state index in [-0.39, 0.29) is 5.41 Å². The molecular formula is C13H19ClS. The Labute approximate surface area is 102 Å². The van der Waals surface area contributed by atoms with Crippen molar-refractivity contribution >= 4 is 28.5 Å². The second kappa shape index (κ2) is 5.18. The molecule has 2 heteroatoms. The summed E-state index contributed by atoms with van der Waals surface area (Å²) in [4.78, 5) is 1.28. The second-order valence-electron chi connectivity index (χ2n) is 4.67. The van der Waals surface area contributed by atoms with Crippen LogP contribution < -0.4 is 0 Å². The first-order chi connectivity index (χ1) is 6.94. The molecule has 0 aliphatic carbocycles. The van der Waals surface area contributed by atoms with E-state index in [2.05, 4.69) is 39.8 Å². The Morgan fingerprint density at radius 3 is 2.60 bits per heavy atom. The Morgan fingerprint density at radius 1 is 1.47 bits per heavy atom. The molecule has 0 aliphatic heterocycles. The van der Waals surface area contributed by atoms with Crippen LogP contribution in [0.15, 0.2) is 18.2 Å². The maximum absolute atomic E-state index is 5.93. The third-order valence-corrected chi connectivity index (χ3v) is 3.83. The van der Waals surface area contributed by atoms with Crippen LogP contribution in [0.1, 0.15) is 45.4 Å².